The van der Waals surface area contributed by atoms with Gasteiger partial charge in [0.1, 0.15) is 0 Å². The van der Waals surface area contributed by atoms with Gasteiger partial charge < -0.3 is 14.2 Å². The zero-order valence-electron chi connectivity index (χ0n) is 8.02. The van der Waals surface area contributed by atoms with Crippen molar-refractivity contribution >= 4 is 11.6 Å². The fourth-order valence-electron chi connectivity index (χ4n) is 2.48. The smallest absolute Gasteiger partial charge is 0.161 e. The van der Waals surface area contributed by atoms with Gasteiger partial charge >= 0.3 is 0 Å². The van der Waals surface area contributed by atoms with Crippen LogP contribution < -0.4 is 0 Å². The van der Waals surface area contributed by atoms with Gasteiger partial charge in [0.25, 0.3) is 0 Å². The first-order valence-corrected chi connectivity index (χ1v) is 5.89. The number of fused-ring (bicyclic) bond motifs is 1. The summed E-state index contributed by atoms with van der Waals surface area (Å²) in [5.74, 6) is 1.05. The molecule has 3 fully saturated rings. The van der Waals surface area contributed by atoms with Gasteiger partial charge in [-0.3, -0.25) is 0 Å². The Morgan fingerprint density at radius 2 is 2.07 bits per heavy atom. The fraction of sp³-hybridized carbons (Fsp3) is 1.00. The molecule has 2 saturated heterocycles. The summed E-state index contributed by atoms with van der Waals surface area (Å²) in [5.41, 5.74) is 0. The standard InChI is InChI=1S/C10H15ClO3/c11-4-7-5-12-10(13-7)6-1-2-8-9(3-6)14-8/h6-10H,1-5H2/t6-,7+,8-,9-,10-/m1/s1. The molecule has 0 unspecified atom stereocenters. The maximum atomic E-state index is 5.72. The van der Waals surface area contributed by atoms with Crippen molar-refractivity contribution in [1.29, 1.82) is 0 Å². The molecule has 0 bridgehead atoms. The van der Waals surface area contributed by atoms with Crippen LogP contribution in [0.1, 0.15) is 19.3 Å². The molecule has 1 saturated carbocycles. The van der Waals surface area contributed by atoms with Crippen LogP contribution in [0, 0.1) is 5.92 Å². The second kappa shape index (κ2) is 3.63. The summed E-state index contributed by atoms with van der Waals surface area (Å²) < 4.78 is 16.8. The highest BCUT2D eigenvalue weighted by atomic mass is 35.5. The van der Waals surface area contributed by atoms with Gasteiger partial charge in [-0.2, -0.15) is 0 Å². The molecule has 2 aliphatic heterocycles. The third-order valence-electron chi connectivity index (χ3n) is 3.37. The Kier molecular flexibility index (Phi) is 2.44. The number of alkyl halides is 1. The van der Waals surface area contributed by atoms with Crippen molar-refractivity contribution in [2.24, 2.45) is 5.92 Å². The number of hydrogen-bond acceptors (Lipinski definition) is 3. The summed E-state index contributed by atoms with van der Waals surface area (Å²) in [7, 11) is 0. The Morgan fingerprint density at radius 1 is 1.14 bits per heavy atom. The monoisotopic (exact) mass is 218 g/mol. The maximum Gasteiger partial charge on any atom is 0.161 e. The molecule has 0 aromatic carbocycles. The lowest BCUT2D eigenvalue weighted by Gasteiger charge is -2.23. The first-order chi connectivity index (χ1) is 6.86. The number of hydrogen-bond donors (Lipinski definition) is 0. The van der Waals surface area contributed by atoms with Gasteiger partial charge in [0.2, 0.25) is 0 Å². The van der Waals surface area contributed by atoms with Gasteiger partial charge in [0, 0.05) is 5.92 Å². The quantitative estimate of drug-likeness (QED) is 0.520. The van der Waals surface area contributed by atoms with Crippen LogP contribution >= 0.6 is 11.6 Å². The Balaban J connectivity index is 1.55. The van der Waals surface area contributed by atoms with E-state index in [0.29, 0.717) is 30.6 Å². The Labute approximate surface area is 88.7 Å². The molecule has 5 atom stereocenters. The summed E-state index contributed by atoms with van der Waals surface area (Å²) in [4.78, 5) is 0. The lowest BCUT2D eigenvalue weighted by molar-refractivity contribution is -0.100. The first-order valence-electron chi connectivity index (χ1n) is 5.35. The Bertz CT molecular complexity index is 223. The zero-order valence-corrected chi connectivity index (χ0v) is 8.78. The number of rotatable bonds is 2. The molecule has 4 heteroatoms. The molecule has 1 aliphatic carbocycles. The van der Waals surface area contributed by atoms with E-state index >= 15 is 0 Å². The lowest BCUT2D eigenvalue weighted by atomic mass is 9.89. The van der Waals surface area contributed by atoms with Crippen LogP contribution in [0.2, 0.25) is 0 Å². The maximum absolute atomic E-state index is 5.72. The average Bonchev–Trinajstić information content (AvgIpc) is 2.84. The van der Waals surface area contributed by atoms with Gasteiger partial charge in [-0.05, 0) is 19.3 Å². The van der Waals surface area contributed by atoms with E-state index in [2.05, 4.69) is 0 Å². The summed E-state index contributed by atoms with van der Waals surface area (Å²) >= 11 is 5.72. The van der Waals surface area contributed by atoms with Crippen molar-refractivity contribution in [1.82, 2.24) is 0 Å². The molecule has 0 aromatic rings. The van der Waals surface area contributed by atoms with Crippen LogP contribution in [-0.2, 0) is 14.2 Å². The molecule has 2 heterocycles. The second-order valence-corrected chi connectivity index (χ2v) is 4.71. The Morgan fingerprint density at radius 3 is 2.79 bits per heavy atom. The predicted octanol–water partition coefficient (Wildman–Crippen LogP) is 1.53. The molecule has 3 nitrogen and oxygen atoms in total. The molecule has 3 rings (SSSR count). The molecule has 0 aromatic heterocycles. The van der Waals surface area contributed by atoms with E-state index in [0.717, 1.165) is 6.42 Å². The number of ether oxygens (including phenoxy) is 3. The van der Waals surface area contributed by atoms with E-state index in [4.69, 9.17) is 25.8 Å². The normalized spacial score (nSPS) is 51.6. The van der Waals surface area contributed by atoms with E-state index in [1.54, 1.807) is 0 Å². The highest BCUT2D eigenvalue weighted by Gasteiger charge is 2.47. The molecule has 0 radical (unpaired) electrons. The largest absolute Gasteiger partial charge is 0.370 e. The summed E-state index contributed by atoms with van der Waals surface area (Å²) in [5, 5.41) is 0. The van der Waals surface area contributed by atoms with E-state index in [1.165, 1.54) is 12.8 Å². The van der Waals surface area contributed by atoms with Gasteiger partial charge in [-0.15, -0.1) is 11.6 Å². The van der Waals surface area contributed by atoms with Crippen LogP contribution in [0.3, 0.4) is 0 Å². The van der Waals surface area contributed by atoms with E-state index in [9.17, 15) is 0 Å². The van der Waals surface area contributed by atoms with Gasteiger partial charge in [-0.25, -0.2) is 0 Å². The second-order valence-electron chi connectivity index (χ2n) is 4.40. The third kappa shape index (κ3) is 1.67. The molecule has 0 spiro atoms. The van der Waals surface area contributed by atoms with Crippen molar-refractivity contribution in [3.8, 4) is 0 Å². The van der Waals surface area contributed by atoms with Gasteiger partial charge in [-0.1, -0.05) is 0 Å². The minimum atomic E-state index is -0.0242. The van der Waals surface area contributed by atoms with Crippen LogP contribution in [-0.4, -0.2) is 37.1 Å². The predicted molar refractivity (Wildman–Crippen MR) is 51.3 cm³/mol. The average molecular weight is 219 g/mol. The van der Waals surface area contributed by atoms with Crippen LogP contribution in [0.15, 0.2) is 0 Å². The molecular weight excluding hydrogens is 204 g/mol. The van der Waals surface area contributed by atoms with Crippen LogP contribution in [0.4, 0.5) is 0 Å². The zero-order chi connectivity index (χ0) is 9.54. The minimum absolute atomic E-state index is 0.0242. The highest BCUT2D eigenvalue weighted by molar-refractivity contribution is 6.18. The van der Waals surface area contributed by atoms with Crippen LogP contribution in [0.5, 0.6) is 0 Å². The van der Waals surface area contributed by atoms with Crippen molar-refractivity contribution < 1.29 is 14.2 Å². The molecule has 0 amide bonds. The molecule has 14 heavy (non-hydrogen) atoms. The van der Waals surface area contributed by atoms with E-state index in [-0.39, 0.29) is 12.4 Å². The lowest BCUT2D eigenvalue weighted by Crippen LogP contribution is -2.27. The molecule has 0 N–H and O–H groups in total. The van der Waals surface area contributed by atoms with Crippen molar-refractivity contribution in [2.75, 3.05) is 12.5 Å². The number of epoxide rings is 1. The summed E-state index contributed by atoms with van der Waals surface area (Å²) in [6.07, 6.45) is 4.56. The third-order valence-corrected chi connectivity index (χ3v) is 3.72. The van der Waals surface area contributed by atoms with Crippen molar-refractivity contribution in [2.45, 2.75) is 43.9 Å². The Hall–Kier alpha value is 0.170. The molecular formula is C10H15ClO3. The first kappa shape index (κ1) is 9.40. The molecule has 3 aliphatic rings. The van der Waals surface area contributed by atoms with Crippen molar-refractivity contribution in [3.63, 3.8) is 0 Å². The van der Waals surface area contributed by atoms with E-state index < -0.39 is 0 Å². The van der Waals surface area contributed by atoms with Gasteiger partial charge in [0.15, 0.2) is 6.29 Å². The van der Waals surface area contributed by atoms with Crippen LogP contribution in [0.25, 0.3) is 0 Å². The van der Waals surface area contributed by atoms with Gasteiger partial charge in [0.05, 0.1) is 30.8 Å². The highest BCUT2D eigenvalue weighted by Crippen LogP contribution is 2.42. The summed E-state index contributed by atoms with van der Waals surface area (Å²) in [6, 6.07) is 0. The molecule has 80 valence electrons. The summed E-state index contributed by atoms with van der Waals surface area (Å²) in [6.45, 7) is 0.652. The van der Waals surface area contributed by atoms with E-state index in [1.807, 2.05) is 0 Å². The topological polar surface area (TPSA) is 31.0 Å². The SMILES string of the molecule is ClC[C@H]1CO[C@@H]([C@@H]2CC[C@H]3O[C@@H]3C2)O1. The fourth-order valence-corrected chi connectivity index (χ4v) is 2.64. The van der Waals surface area contributed by atoms with Crippen molar-refractivity contribution in [3.05, 3.63) is 0 Å². The number of halogens is 1. The minimum Gasteiger partial charge on any atom is -0.370 e.